The fraction of sp³-hybridized carbons (Fsp3) is 0.286. The third-order valence-electron chi connectivity index (χ3n) is 2.71. The Kier molecular flexibility index (Phi) is 3.78. The van der Waals surface area contributed by atoms with Crippen LogP contribution in [0, 0.1) is 0 Å². The van der Waals surface area contributed by atoms with Crippen LogP contribution in [0.15, 0.2) is 53.3 Å². The van der Waals surface area contributed by atoms with E-state index in [0.29, 0.717) is 0 Å². The summed E-state index contributed by atoms with van der Waals surface area (Å²) in [5.41, 5.74) is 2.19. The zero-order valence-corrected chi connectivity index (χ0v) is 9.17. The molecule has 2 rings (SSSR count). The van der Waals surface area contributed by atoms with Crippen LogP contribution in [0.25, 0.3) is 0 Å². The molecule has 0 bridgehead atoms. The first-order valence-electron chi connectivity index (χ1n) is 5.60. The molecule has 1 aromatic heterocycles. The standard InChI is InChI=1S/C14H16O2/c15-14(13-9-10-16-11-13)8-4-7-12-5-2-1-3-6-12/h1-3,5-6,9-11,14-15H,4,7-8H2. The monoisotopic (exact) mass is 216 g/mol. The van der Waals surface area contributed by atoms with E-state index in [9.17, 15) is 5.11 Å². The van der Waals surface area contributed by atoms with Crippen LogP contribution in [0.1, 0.15) is 30.1 Å². The maximum atomic E-state index is 9.83. The highest BCUT2D eigenvalue weighted by atomic mass is 16.3. The molecule has 0 fully saturated rings. The Morgan fingerprint density at radius 3 is 2.62 bits per heavy atom. The predicted octanol–water partition coefficient (Wildman–Crippen LogP) is 3.34. The molecule has 0 aliphatic carbocycles. The molecule has 2 nitrogen and oxygen atoms in total. The third-order valence-corrected chi connectivity index (χ3v) is 2.71. The van der Waals surface area contributed by atoms with Gasteiger partial charge in [-0.2, -0.15) is 0 Å². The van der Waals surface area contributed by atoms with E-state index in [-0.39, 0.29) is 0 Å². The molecule has 0 saturated carbocycles. The Morgan fingerprint density at radius 1 is 1.12 bits per heavy atom. The molecular weight excluding hydrogens is 200 g/mol. The van der Waals surface area contributed by atoms with Gasteiger partial charge in [-0.05, 0) is 30.9 Å². The molecule has 0 amide bonds. The molecule has 2 heteroatoms. The van der Waals surface area contributed by atoms with Gasteiger partial charge in [-0.1, -0.05) is 30.3 Å². The Hall–Kier alpha value is -1.54. The van der Waals surface area contributed by atoms with E-state index in [1.165, 1.54) is 5.56 Å². The van der Waals surface area contributed by atoms with Crippen molar-refractivity contribution in [3.05, 3.63) is 60.1 Å². The van der Waals surface area contributed by atoms with Crippen molar-refractivity contribution in [2.24, 2.45) is 0 Å². The zero-order chi connectivity index (χ0) is 11.2. The van der Waals surface area contributed by atoms with Gasteiger partial charge in [-0.3, -0.25) is 0 Å². The van der Waals surface area contributed by atoms with E-state index in [2.05, 4.69) is 12.1 Å². The van der Waals surface area contributed by atoms with E-state index < -0.39 is 6.10 Å². The summed E-state index contributed by atoms with van der Waals surface area (Å²) in [5.74, 6) is 0. The first-order valence-corrected chi connectivity index (χ1v) is 5.60. The second-order valence-corrected chi connectivity index (χ2v) is 3.95. The summed E-state index contributed by atoms with van der Waals surface area (Å²) in [4.78, 5) is 0. The van der Waals surface area contributed by atoms with Crippen molar-refractivity contribution in [3.63, 3.8) is 0 Å². The Bertz CT molecular complexity index is 392. The van der Waals surface area contributed by atoms with Crippen molar-refractivity contribution in [3.8, 4) is 0 Å². The molecule has 1 aromatic carbocycles. The zero-order valence-electron chi connectivity index (χ0n) is 9.17. The lowest BCUT2D eigenvalue weighted by molar-refractivity contribution is 0.164. The van der Waals surface area contributed by atoms with Crippen molar-refractivity contribution in [2.45, 2.75) is 25.4 Å². The van der Waals surface area contributed by atoms with Crippen molar-refractivity contribution in [1.82, 2.24) is 0 Å². The van der Waals surface area contributed by atoms with Crippen LogP contribution in [0.4, 0.5) is 0 Å². The maximum absolute atomic E-state index is 9.83. The van der Waals surface area contributed by atoms with Crippen LogP contribution in [0.2, 0.25) is 0 Å². The molecule has 0 aliphatic rings. The van der Waals surface area contributed by atoms with Gasteiger partial charge in [0.15, 0.2) is 0 Å². The summed E-state index contributed by atoms with van der Waals surface area (Å²) in [7, 11) is 0. The van der Waals surface area contributed by atoms with E-state index in [4.69, 9.17) is 4.42 Å². The van der Waals surface area contributed by atoms with E-state index in [0.717, 1.165) is 24.8 Å². The number of hydrogen-bond acceptors (Lipinski definition) is 2. The second-order valence-electron chi connectivity index (χ2n) is 3.95. The first kappa shape index (κ1) is 11.0. The summed E-state index contributed by atoms with van der Waals surface area (Å²) >= 11 is 0. The van der Waals surface area contributed by atoms with E-state index >= 15 is 0 Å². The van der Waals surface area contributed by atoms with Gasteiger partial charge in [0.2, 0.25) is 0 Å². The molecule has 2 aromatic rings. The van der Waals surface area contributed by atoms with Gasteiger partial charge in [-0.15, -0.1) is 0 Å². The normalized spacial score (nSPS) is 12.6. The van der Waals surface area contributed by atoms with Crippen LogP contribution < -0.4 is 0 Å². The second kappa shape index (κ2) is 5.52. The SMILES string of the molecule is OC(CCCc1ccccc1)c1ccoc1. The number of aliphatic hydroxyl groups is 1. The lowest BCUT2D eigenvalue weighted by Crippen LogP contribution is -1.96. The molecular formula is C14H16O2. The Labute approximate surface area is 95.5 Å². The van der Waals surface area contributed by atoms with Crippen molar-refractivity contribution < 1.29 is 9.52 Å². The number of aliphatic hydroxyl groups excluding tert-OH is 1. The minimum Gasteiger partial charge on any atom is -0.472 e. The average Bonchev–Trinajstić information content (AvgIpc) is 2.84. The maximum Gasteiger partial charge on any atom is 0.0960 e. The number of hydrogen-bond donors (Lipinski definition) is 1. The molecule has 0 spiro atoms. The van der Waals surface area contributed by atoms with Crippen LogP contribution in [0.3, 0.4) is 0 Å². The Balaban J connectivity index is 1.76. The lowest BCUT2D eigenvalue weighted by Gasteiger charge is -2.07. The van der Waals surface area contributed by atoms with Gasteiger partial charge >= 0.3 is 0 Å². The number of aryl methyl sites for hydroxylation is 1. The van der Waals surface area contributed by atoms with Crippen LogP contribution >= 0.6 is 0 Å². The third kappa shape index (κ3) is 2.97. The predicted molar refractivity (Wildman–Crippen MR) is 63.0 cm³/mol. The summed E-state index contributed by atoms with van der Waals surface area (Å²) < 4.78 is 4.94. The summed E-state index contributed by atoms with van der Waals surface area (Å²) in [6.45, 7) is 0. The number of benzene rings is 1. The van der Waals surface area contributed by atoms with Crippen molar-refractivity contribution in [1.29, 1.82) is 0 Å². The van der Waals surface area contributed by atoms with Crippen molar-refractivity contribution in [2.75, 3.05) is 0 Å². The molecule has 84 valence electrons. The highest BCUT2D eigenvalue weighted by Crippen LogP contribution is 2.19. The highest BCUT2D eigenvalue weighted by molar-refractivity contribution is 5.15. The molecule has 1 N–H and O–H groups in total. The van der Waals surface area contributed by atoms with Gasteiger partial charge in [0, 0.05) is 5.56 Å². The topological polar surface area (TPSA) is 33.4 Å². The number of furan rings is 1. The molecule has 0 radical (unpaired) electrons. The summed E-state index contributed by atoms with van der Waals surface area (Å²) in [5, 5.41) is 9.83. The molecule has 0 saturated heterocycles. The van der Waals surface area contributed by atoms with Crippen LogP contribution in [0.5, 0.6) is 0 Å². The van der Waals surface area contributed by atoms with Gasteiger partial charge in [0.25, 0.3) is 0 Å². The minimum absolute atomic E-state index is 0.400. The smallest absolute Gasteiger partial charge is 0.0960 e. The van der Waals surface area contributed by atoms with Crippen LogP contribution in [-0.2, 0) is 6.42 Å². The fourth-order valence-electron chi connectivity index (χ4n) is 1.78. The fourth-order valence-corrected chi connectivity index (χ4v) is 1.78. The molecule has 1 unspecified atom stereocenters. The lowest BCUT2D eigenvalue weighted by atomic mass is 10.0. The van der Waals surface area contributed by atoms with Gasteiger partial charge in [0.05, 0.1) is 18.6 Å². The number of rotatable bonds is 5. The Morgan fingerprint density at radius 2 is 1.94 bits per heavy atom. The highest BCUT2D eigenvalue weighted by Gasteiger charge is 2.07. The molecule has 1 atom stereocenters. The summed E-state index contributed by atoms with van der Waals surface area (Å²) in [6.07, 6.45) is 5.56. The van der Waals surface area contributed by atoms with Gasteiger partial charge < -0.3 is 9.52 Å². The van der Waals surface area contributed by atoms with E-state index in [1.807, 2.05) is 24.3 Å². The van der Waals surface area contributed by atoms with Gasteiger partial charge in [-0.25, -0.2) is 0 Å². The molecule has 16 heavy (non-hydrogen) atoms. The minimum atomic E-state index is -0.400. The van der Waals surface area contributed by atoms with Crippen molar-refractivity contribution >= 4 is 0 Å². The van der Waals surface area contributed by atoms with Crippen LogP contribution in [-0.4, -0.2) is 5.11 Å². The molecule has 1 heterocycles. The van der Waals surface area contributed by atoms with E-state index in [1.54, 1.807) is 12.5 Å². The van der Waals surface area contributed by atoms with Gasteiger partial charge in [0.1, 0.15) is 0 Å². The summed E-state index contributed by atoms with van der Waals surface area (Å²) in [6, 6.07) is 12.1. The molecule has 0 aliphatic heterocycles. The largest absolute Gasteiger partial charge is 0.472 e. The first-order chi connectivity index (χ1) is 7.86. The quantitative estimate of drug-likeness (QED) is 0.831. The average molecular weight is 216 g/mol.